The summed E-state index contributed by atoms with van der Waals surface area (Å²) in [5.41, 5.74) is 2.51. The van der Waals surface area contributed by atoms with Crippen LogP contribution in [0.15, 0.2) is 48.8 Å². The lowest BCUT2D eigenvalue weighted by atomic mass is 9.89. The fraction of sp³-hybridized carbons (Fsp3) is 0.478. The molecule has 3 heterocycles. The standard InChI is InChI=1S/C23H28N2O3/c26-23(22-4-2-14-27-22)25-12-9-19(10-13-25)15-18-5-7-20(8-6-18)17-28-21-3-1-11-24-16-21/h1,3,5-8,11,16,19,22H,2,4,9-10,12-15,17H2. The van der Waals surface area contributed by atoms with Gasteiger partial charge in [0.05, 0.1) is 6.20 Å². The molecule has 5 nitrogen and oxygen atoms in total. The first-order valence-electron chi connectivity index (χ1n) is 10.3. The lowest BCUT2D eigenvalue weighted by Crippen LogP contribution is -2.44. The molecule has 0 bridgehead atoms. The summed E-state index contributed by atoms with van der Waals surface area (Å²) in [5.74, 6) is 1.64. The first kappa shape index (κ1) is 18.9. The second-order valence-electron chi connectivity index (χ2n) is 7.77. The molecule has 5 heteroatoms. The van der Waals surface area contributed by atoms with Gasteiger partial charge in [0.1, 0.15) is 18.5 Å². The number of carbonyl (C=O) groups excluding carboxylic acids is 1. The zero-order valence-electron chi connectivity index (χ0n) is 16.3. The van der Waals surface area contributed by atoms with Gasteiger partial charge in [0.2, 0.25) is 0 Å². The van der Waals surface area contributed by atoms with Crippen LogP contribution in [0.2, 0.25) is 0 Å². The van der Waals surface area contributed by atoms with Gasteiger partial charge in [-0.3, -0.25) is 9.78 Å². The summed E-state index contributed by atoms with van der Waals surface area (Å²) >= 11 is 0. The van der Waals surface area contributed by atoms with Crippen molar-refractivity contribution < 1.29 is 14.3 Å². The van der Waals surface area contributed by atoms with Crippen LogP contribution in [-0.4, -0.2) is 41.6 Å². The molecule has 148 valence electrons. The molecular formula is C23H28N2O3. The van der Waals surface area contributed by atoms with Crippen molar-refractivity contribution in [2.24, 2.45) is 5.92 Å². The topological polar surface area (TPSA) is 51.7 Å². The number of hydrogen-bond donors (Lipinski definition) is 0. The highest BCUT2D eigenvalue weighted by Gasteiger charge is 2.30. The van der Waals surface area contributed by atoms with E-state index in [9.17, 15) is 4.79 Å². The normalized spacial score (nSPS) is 20.3. The van der Waals surface area contributed by atoms with E-state index in [2.05, 4.69) is 29.2 Å². The summed E-state index contributed by atoms with van der Waals surface area (Å²) in [7, 11) is 0. The Morgan fingerprint density at radius 1 is 1.11 bits per heavy atom. The molecule has 1 unspecified atom stereocenters. The molecule has 2 fully saturated rings. The molecule has 0 N–H and O–H groups in total. The second kappa shape index (κ2) is 9.20. The Morgan fingerprint density at radius 3 is 2.57 bits per heavy atom. The first-order valence-corrected chi connectivity index (χ1v) is 10.3. The molecule has 1 aromatic heterocycles. The smallest absolute Gasteiger partial charge is 0.251 e. The molecule has 1 amide bonds. The van der Waals surface area contributed by atoms with Crippen LogP contribution in [0.3, 0.4) is 0 Å². The minimum atomic E-state index is -0.182. The zero-order valence-corrected chi connectivity index (χ0v) is 16.3. The van der Waals surface area contributed by atoms with Crippen molar-refractivity contribution in [1.82, 2.24) is 9.88 Å². The first-order chi connectivity index (χ1) is 13.8. The molecular weight excluding hydrogens is 352 g/mol. The summed E-state index contributed by atoms with van der Waals surface area (Å²) in [5, 5.41) is 0. The van der Waals surface area contributed by atoms with E-state index in [1.807, 2.05) is 17.0 Å². The van der Waals surface area contributed by atoms with E-state index in [1.165, 1.54) is 5.56 Å². The van der Waals surface area contributed by atoms with Gasteiger partial charge in [-0.2, -0.15) is 0 Å². The molecule has 1 aromatic carbocycles. The predicted octanol–water partition coefficient (Wildman–Crippen LogP) is 3.62. The number of pyridine rings is 1. The quantitative estimate of drug-likeness (QED) is 0.768. The van der Waals surface area contributed by atoms with Gasteiger partial charge < -0.3 is 14.4 Å². The third kappa shape index (κ3) is 4.90. The lowest BCUT2D eigenvalue weighted by Gasteiger charge is -2.33. The van der Waals surface area contributed by atoms with Crippen LogP contribution in [0.25, 0.3) is 0 Å². The maximum atomic E-state index is 12.5. The summed E-state index contributed by atoms with van der Waals surface area (Å²) in [6.45, 7) is 3.01. The van der Waals surface area contributed by atoms with Crippen LogP contribution >= 0.6 is 0 Å². The largest absolute Gasteiger partial charge is 0.487 e. The summed E-state index contributed by atoms with van der Waals surface area (Å²) in [6.07, 6.45) is 8.40. The molecule has 4 rings (SSSR count). The van der Waals surface area contributed by atoms with E-state index in [0.29, 0.717) is 12.5 Å². The van der Waals surface area contributed by atoms with Crippen molar-refractivity contribution in [2.75, 3.05) is 19.7 Å². The number of ether oxygens (including phenoxy) is 2. The molecule has 28 heavy (non-hydrogen) atoms. The summed E-state index contributed by atoms with van der Waals surface area (Å²) < 4.78 is 11.3. The van der Waals surface area contributed by atoms with E-state index in [-0.39, 0.29) is 12.0 Å². The molecule has 0 aliphatic carbocycles. The van der Waals surface area contributed by atoms with Crippen molar-refractivity contribution in [3.05, 3.63) is 59.9 Å². The highest BCUT2D eigenvalue weighted by molar-refractivity contribution is 5.81. The minimum absolute atomic E-state index is 0.182. The molecule has 2 saturated heterocycles. The molecule has 0 saturated carbocycles. The fourth-order valence-electron chi connectivity index (χ4n) is 4.04. The third-order valence-electron chi connectivity index (χ3n) is 5.72. The van der Waals surface area contributed by atoms with Crippen molar-refractivity contribution in [3.8, 4) is 5.75 Å². The number of rotatable bonds is 6. The SMILES string of the molecule is O=C(C1CCCO1)N1CCC(Cc2ccc(COc3cccnc3)cc2)CC1. The lowest BCUT2D eigenvalue weighted by molar-refractivity contribution is -0.142. The van der Waals surface area contributed by atoms with Gasteiger partial charge in [-0.25, -0.2) is 0 Å². The van der Waals surface area contributed by atoms with Crippen molar-refractivity contribution in [1.29, 1.82) is 0 Å². The van der Waals surface area contributed by atoms with Crippen LogP contribution in [0, 0.1) is 5.92 Å². The highest BCUT2D eigenvalue weighted by atomic mass is 16.5. The predicted molar refractivity (Wildman–Crippen MR) is 107 cm³/mol. The van der Waals surface area contributed by atoms with Gasteiger partial charge in [-0.15, -0.1) is 0 Å². The van der Waals surface area contributed by atoms with Crippen LogP contribution in [0.4, 0.5) is 0 Å². The van der Waals surface area contributed by atoms with Crippen LogP contribution in [0.1, 0.15) is 36.8 Å². The molecule has 2 aliphatic rings. The number of amides is 1. The second-order valence-corrected chi connectivity index (χ2v) is 7.77. The Balaban J connectivity index is 1.22. The maximum Gasteiger partial charge on any atom is 0.251 e. The van der Waals surface area contributed by atoms with Crippen LogP contribution in [0.5, 0.6) is 5.75 Å². The van der Waals surface area contributed by atoms with Crippen LogP contribution < -0.4 is 4.74 Å². The van der Waals surface area contributed by atoms with E-state index in [4.69, 9.17) is 9.47 Å². The Hall–Kier alpha value is -2.40. The van der Waals surface area contributed by atoms with Crippen molar-refractivity contribution >= 4 is 5.91 Å². The molecule has 2 aromatic rings. The monoisotopic (exact) mass is 380 g/mol. The Morgan fingerprint density at radius 2 is 1.89 bits per heavy atom. The van der Waals surface area contributed by atoms with Gasteiger partial charge in [-0.05, 0) is 61.3 Å². The number of aromatic nitrogens is 1. The summed E-state index contributed by atoms with van der Waals surface area (Å²) in [6, 6.07) is 12.5. The van der Waals surface area contributed by atoms with Gasteiger partial charge in [-0.1, -0.05) is 24.3 Å². The van der Waals surface area contributed by atoms with Gasteiger partial charge in [0.15, 0.2) is 0 Å². The Bertz CT molecular complexity index is 749. The number of hydrogen-bond acceptors (Lipinski definition) is 4. The molecule has 0 spiro atoms. The average molecular weight is 380 g/mol. The number of carbonyl (C=O) groups is 1. The van der Waals surface area contributed by atoms with Crippen LogP contribution in [-0.2, 0) is 22.6 Å². The van der Waals surface area contributed by atoms with E-state index < -0.39 is 0 Å². The molecule has 2 aliphatic heterocycles. The van der Waals surface area contributed by atoms with E-state index in [1.54, 1.807) is 12.4 Å². The number of likely N-dealkylation sites (tertiary alicyclic amines) is 1. The molecule has 1 atom stereocenters. The van der Waals surface area contributed by atoms with E-state index in [0.717, 1.165) is 63.1 Å². The minimum Gasteiger partial charge on any atom is -0.487 e. The summed E-state index contributed by atoms with van der Waals surface area (Å²) in [4.78, 5) is 18.5. The number of nitrogens with zero attached hydrogens (tertiary/aromatic N) is 2. The average Bonchev–Trinajstić information content (AvgIpc) is 3.29. The Kier molecular flexibility index (Phi) is 6.22. The van der Waals surface area contributed by atoms with Gasteiger partial charge in [0, 0.05) is 25.9 Å². The number of benzene rings is 1. The third-order valence-corrected chi connectivity index (χ3v) is 5.72. The Labute approximate surface area is 166 Å². The zero-order chi connectivity index (χ0) is 19.2. The maximum absolute atomic E-state index is 12.5. The van der Waals surface area contributed by atoms with Gasteiger partial charge in [0.25, 0.3) is 5.91 Å². The highest BCUT2D eigenvalue weighted by Crippen LogP contribution is 2.24. The van der Waals surface area contributed by atoms with Crippen molar-refractivity contribution in [3.63, 3.8) is 0 Å². The molecule has 0 radical (unpaired) electrons. The van der Waals surface area contributed by atoms with Gasteiger partial charge >= 0.3 is 0 Å². The number of piperidine rings is 1. The van der Waals surface area contributed by atoms with E-state index >= 15 is 0 Å². The fourth-order valence-corrected chi connectivity index (χ4v) is 4.04. The van der Waals surface area contributed by atoms with Crippen molar-refractivity contribution in [2.45, 2.75) is 44.8 Å².